The Morgan fingerprint density at radius 2 is 0.803 bits per heavy atom. The molecule has 14 rings (SSSR count). The van der Waals surface area contributed by atoms with E-state index >= 15 is 0 Å². The maximum absolute atomic E-state index is 7.19. The highest BCUT2D eigenvalue weighted by Crippen LogP contribution is 2.64. The molecule has 1 aliphatic carbocycles. The van der Waals surface area contributed by atoms with Crippen LogP contribution < -0.4 is 9.64 Å². The van der Waals surface area contributed by atoms with E-state index in [1.54, 1.807) is 0 Å². The molecule has 1 aromatic heterocycles. The fraction of sp³-hybridized carbons (Fsp3) is 0.0159. The summed E-state index contributed by atoms with van der Waals surface area (Å²) >= 11 is 0. The Balaban J connectivity index is 0.889. The minimum absolute atomic E-state index is 0.604. The molecule has 12 aromatic rings. The summed E-state index contributed by atoms with van der Waals surface area (Å²) in [6.45, 7) is 0. The van der Waals surface area contributed by atoms with Crippen LogP contribution in [0.3, 0.4) is 0 Å². The third-order valence-corrected chi connectivity index (χ3v) is 14.1. The Bertz CT molecular complexity index is 3820. The van der Waals surface area contributed by atoms with Crippen molar-refractivity contribution in [1.29, 1.82) is 0 Å². The summed E-state index contributed by atoms with van der Waals surface area (Å²) in [6.07, 6.45) is 0. The predicted molar refractivity (Wildman–Crippen MR) is 272 cm³/mol. The number of rotatable bonds is 5. The number of fused-ring (bicyclic) bond motifs is 16. The molecule has 0 amide bonds. The van der Waals surface area contributed by atoms with E-state index in [4.69, 9.17) is 9.15 Å². The maximum Gasteiger partial charge on any atom is 0.140 e. The second kappa shape index (κ2) is 14.2. The number of hydrogen-bond donors (Lipinski definition) is 0. The van der Waals surface area contributed by atoms with Crippen LogP contribution in [-0.4, -0.2) is 0 Å². The Labute approximate surface area is 382 Å². The van der Waals surface area contributed by atoms with Crippen LogP contribution in [0.5, 0.6) is 11.5 Å². The molecular formula is C63H39NO2. The van der Waals surface area contributed by atoms with Gasteiger partial charge in [0.1, 0.15) is 22.7 Å². The van der Waals surface area contributed by atoms with Crippen LogP contribution in [0.4, 0.5) is 17.1 Å². The van der Waals surface area contributed by atoms with Gasteiger partial charge < -0.3 is 14.1 Å². The second-order valence-corrected chi connectivity index (χ2v) is 17.6. The topological polar surface area (TPSA) is 25.6 Å². The van der Waals surface area contributed by atoms with Crippen molar-refractivity contribution < 1.29 is 9.15 Å². The lowest BCUT2D eigenvalue weighted by molar-refractivity contribution is 0.447. The summed E-state index contributed by atoms with van der Waals surface area (Å²) in [5.74, 6) is 1.85. The van der Waals surface area contributed by atoms with Gasteiger partial charge in [-0.05, 0) is 116 Å². The molecule has 0 saturated carbocycles. The van der Waals surface area contributed by atoms with Gasteiger partial charge in [-0.15, -0.1) is 0 Å². The number of ether oxygens (including phenoxy) is 1. The molecule has 11 aromatic carbocycles. The number of nitrogens with zero attached hydrogens (tertiary/aromatic N) is 1. The first-order valence-corrected chi connectivity index (χ1v) is 22.6. The van der Waals surface area contributed by atoms with Crippen molar-refractivity contribution >= 4 is 60.5 Å². The number of anilines is 3. The minimum atomic E-state index is -0.604. The molecule has 0 fully saturated rings. The van der Waals surface area contributed by atoms with Crippen molar-refractivity contribution in [2.45, 2.75) is 5.41 Å². The zero-order chi connectivity index (χ0) is 43.3. The second-order valence-electron chi connectivity index (χ2n) is 17.6. The summed E-state index contributed by atoms with van der Waals surface area (Å²) in [5.41, 5.74) is 16.5. The zero-order valence-electron chi connectivity index (χ0n) is 35.8. The van der Waals surface area contributed by atoms with Gasteiger partial charge in [-0.3, -0.25) is 0 Å². The lowest BCUT2D eigenvalue weighted by Crippen LogP contribution is -2.32. The molecule has 0 saturated heterocycles. The van der Waals surface area contributed by atoms with E-state index in [0.717, 1.165) is 88.7 Å². The number of para-hydroxylation sites is 2. The largest absolute Gasteiger partial charge is 0.456 e. The molecule has 2 aliphatic rings. The van der Waals surface area contributed by atoms with Crippen LogP contribution in [0, 0.1) is 0 Å². The molecule has 308 valence electrons. The van der Waals surface area contributed by atoms with E-state index in [9.17, 15) is 0 Å². The highest BCUT2D eigenvalue weighted by atomic mass is 16.5. The van der Waals surface area contributed by atoms with Crippen LogP contribution in [0.25, 0.3) is 76.9 Å². The van der Waals surface area contributed by atoms with Crippen molar-refractivity contribution in [2.24, 2.45) is 0 Å². The van der Waals surface area contributed by atoms with Crippen LogP contribution in [-0.2, 0) is 5.41 Å². The van der Waals surface area contributed by atoms with Gasteiger partial charge in [0.2, 0.25) is 0 Å². The van der Waals surface area contributed by atoms with Crippen molar-refractivity contribution in [3.05, 3.63) is 259 Å². The zero-order valence-corrected chi connectivity index (χ0v) is 35.8. The Hall–Kier alpha value is -8.66. The number of benzene rings is 11. The van der Waals surface area contributed by atoms with Crippen LogP contribution in [0.2, 0.25) is 0 Å². The van der Waals surface area contributed by atoms with Crippen molar-refractivity contribution in [1.82, 2.24) is 0 Å². The molecular weight excluding hydrogens is 803 g/mol. The first-order chi connectivity index (χ1) is 32.7. The average molecular weight is 842 g/mol. The molecule has 1 spiro atoms. The lowest BCUT2D eigenvalue weighted by Gasteiger charge is -2.40. The summed E-state index contributed by atoms with van der Waals surface area (Å²) in [4.78, 5) is 2.33. The Kier molecular flexibility index (Phi) is 7.90. The van der Waals surface area contributed by atoms with E-state index in [2.05, 4.69) is 229 Å². The number of furan rings is 1. The molecule has 3 heteroatoms. The van der Waals surface area contributed by atoms with Gasteiger partial charge in [0, 0.05) is 49.7 Å². The molecule has 0 N–H and O–H groups in total. The first kappa shape index (κ1) is 36.8. The van der Waals surface area contributed by atoms with E-state index in [-0.39, 0.29) is 0 Å². The monoisotopic (exact) mass is 841 g/mol. The van der Waals surface area contributed by atoms with Crippen molar-refractivity contribution in [2.75, 3.05) is 4.90 Å². The Morgan fingerprint density at radius 3 is 1.48 bits per heavy atom. The normalized spacial score (nSPS) is 13.1. The van der Waals surface area contributed by atoms with Crippen molar-refractivity contribution in [3.63, 3.8) is 0 Å². The molecule has 0 bridgehead atoms. The van der Waals surface area contributed by atoms with Gasteiger partial charge in [0.05, 0.1) is 5.41 Å². The third kappa shape index (κ3) is 5.32. The number of hydrogen-bond acceptors (Lipinski definition) is 3. The quantitative estimate of drug-likeness (QED) is 0.173. The first-order valence-electron chi connectivity index (χ1n) is 22.6. The SMILES string of the molecule is c1ccc(N(c2ccc(-c3ccc4c(c3)C3(c5ccccc5-4)c4ccc5ccccc5c4Oc4c3ccc3ccccc43)cc2)c2ccc(-c3ccc4oc5ccccc5c4c3)cc2)cc1. The molecule has 2 heterocycles. The highest BCUT2D eigenvalue weighted by Gasteiger charge is 2.52. The van der Waals surface area contributed by atoms with Gasteiger partial charge in [0.15, 0.2) is 0 Å². The minimum Gasteiger partial charge on any atom is -0.456 e. The van der Waals surface area contributed by atoms with Crippen molar-refractivity contribution in [3.8, 4) is 44.9 Å². The summed E-state index contributed by atoms with van der Waals surface area (Å²) < 4.78 is 13.3. The summed E-state index contributed by atoms with van der Waals surface area (Å²) in [7, 11) is 0. The van der Waals surface area contributed by atoms with Crippen LogP contribution in [0.15, 0.2) is 241 Å². The molecule has 0 radical (unpaired) electrons. The fourth-order valence-electron chi connectivity index (χ4n) is 11.1. The van der Waals surface area contributed by atoms with Crippen LogP contribution in [0.1, 0.15) is 22.3 Å². The third-order valence-electron chi connectivity index (χ3n) is 14.1. The van der Waals surface area contributed by atoms with Gasteiger partial charge >= 0.3 is 0 Å². The average Bonchev–Trinajstić information content (AvgIpc) is 3.90. The van der Waals surface area contributed by atoms with E-state index in [1.807, 2.05) is 12.1 Å². The molecule has 0 atom stereocenters. The smallest absolute Gasteiger partial charge is 0.140 e. The lowest BCUT2D eigenvalue weighted by atomic mass is 9.65. The standard InChI is InChI=1S/C63H39NO2/c1-2-14-46(15-3-1)64(47-30-22-40(23-31-47)44-29-37-60-54(38-44)53-19-9-11-21-59(53)65-60)48-32-24-41(25-33-48)45-26-34-52-51-18-8-10-20-55(51)63(58(52)39-45)56-35-27-42-12-4-6-16-49(42)61(56)66-62-50-17-7-5-13-43(50)28-36-57(62)63/h1-39H. The summed E-state index contributed by atoms with van der Waals surface area (Å²) in [6, 6.07) is 85.7. The van der Waals surface area contributed by atoms with Gasteiger partial charge in [-0.25, -0.2) is 0 Å². The summed E-state index contributed by atoms with van der Waals surface area (Å²) in [5, 5.41) is 6.83. The fourth-order valence-corrected chi connectivity index (χ4v) is 11.1. The molecule has 1 aliphatic heterocycles. The van der Waals surface area contributed by atoms with E-state index in [0.29, 0.717) is 0 Å². The predicted octanol–water partition coefficient (Wildman–Crippen LogP) is 17.2. The van der Waals surface area contributed by atoms with Gasteiger partial charge in [0.25, 0.3) is 0 Å². The van der Waals surface area contributed by atoms with Gasteiger partial charge in [-0.2, -0.15) is 0 Å². The maximum atomic E-state index is 7.19. The molecule has 66 heavy (non-hydrogen) atoms. The Morgan fingerprint density at radius 1 is 0.303 bits per heavy atom. The van der Waals surface area contributed by atoms with E-state index < -0.39 is 5.41 Å². The highest BCUT2D eigenvalue weighted by molar-refractivity contribution is 6.06. The van der Waals surface area contributed by atoms with Crippen LogP contribution >= 0.6 is 0 Å². The van der Waals surface area contributed by atoms with E-state index in [1.165, 1.54) is 38.9 Å². The molecule has 3 nitrogen and oxygen atoms in total. The van der Waals surface area contributed by atoms with Gasteiger partial charge in [-0.1, -0.05) is 176 Å². The molecule has 0 unspecified atom stereocenters.